The summed E-state index contributed by atoms with van der Waals surface area (Å²) in [5.41, 5.74) is 2.99. The van der Waals surface area contributed by atoms with Gasteiger partial charge in [0.15, 0.2) is 11.3 Å². The van der Waals surface area contributed by atoms with Gasteiger partial charge in [-0.3, -0.25) is 4.68 Å². The number of para-hydroxylation sites is 1. The largest absolute Gasteiger partial charge is 0.507 e. The Bertz CT molecular complexity index is 853. The van der Waals surface area contributed by atoms with Crippen LogP contribution in [0, 0.1) is 0 Å². The van der Waals surface area contributed by atoms with Crippen molar-refractivity contribution in [2.24, 2.45) is 0 Å². The van der Waals surface area contributed by atoms with Crippen LogP contribution in [0.1, 0.15) is 12.5 Å². The fourth-order valence-electron chi connectivity index (χ4n) is 3.05. The van der Waals surface area contributed by atoms with E-state index in [0.29, 0.717) is 17.3 Å². The highest BCUT2D eigenvalue weighted by Crippen LogP contribution is 2.31. The van der Waals surface area contributed by atoms with Crippen molar-refractivity contribution in [3.63, 3.8) is 0 Å². The van der Waals surface area contributed by atoms with Crippen molar-refractivity contribution in [3.05, 3.63) is 30.3 Å². The van der Waals surface area contributed by atoms with Gasteiger partial charge in [0.05, 0.1) is 17.3 Å². The summed E-state index contributed by atoms with van der Waals surface area (Å²) >= 11 is 0. The third-order valence-electron chi connectivity index (χ3n) is 4.25. The third-order valence-corrected chi connectivity index (χ3v) is 4.25. The van der Waals surface area contributed by atoms with Crippen molar-refractivity contribution in [2.45, 2.75) is 12.5 Å². The van der Waals surface area contributed by atoms with E-state index in [2.05, 4.69) is 25.9 Å². The number of phenolic OH excluding ortho intramolecular Hbond substituents is 1. The molecule has 0 aliphatic carbocycles. The molecule has 7 nitrogen and oxygen atoms in total. The summed E-state index contributed by atoms with van der Waals surface area (Å²) in [6, 6.07) is 9.40. The minimum Gasteiger partial charge on any atom is -0.507 e. The molecule has 0 amide bonds. The van der Waals surface area contributed by atoms with E-state index in [-0.39, 0.29) is 5.75 Å². The fourth-order valence-corrected chi connectivity index (χ4v) is 3.05. The number of anilines is 1. The van der Waals surface area contributed by atoms with Crippen LogP contribution in [0.5, 0.6) is 5.75 Å². The summed E-state index contributed by atoms with van der Waals surface area (Å²) in [4.78, 5) is 0. The molecule has 7 heteroatoms. The minimum atomic E-state index is 0.198. The SMILES string of the molecule is CNc1nn(C2CCNC2)c2cc(-c3ccccc3O)nnc12. The van der Waals surface area contributed by atoms with E-state index in [4.69, 9.17) is 0 Å². The van der Waals surface area contributed by atoms with Crippen molar-refractivity contribution < 1.29 is 5.11 Å². The first-order chi connectivity index (χ1) is 11.3. The first-order valence-electron chi connectivity index (χ1n) is 7.70. The van der Waals surface area contributed by atoms with Gasteiger partial charge in [0.1, 0.15) is 5.75 Å². The molecular weight excluding hydrogens is 292 g/mol. The number of nitrogens with zero attached hydrogens (tertiary/aromatic N) is 4. The second-order valence-corrected chi connectivity index (χ2v) is 5.67. The van der Waals surface area contributed by atoms with Gasteiger partial charge in [-0.2, -0.15) is 5.10 Å². The van der Waals surface area contributed by atoms with Crippen LogP contribution in [-0.4, -0.2) is 45.2 Å². The number of fused-ring (bicyclic) bond motifs is 1. The molecule has 1 saturated heterocycles. The lowest BCUT2D eigenvalue weighted by Crippen LogP contribution is -2.14. The molecular formula is C16H18N6O. The van der Waals surface area contributed by atoms with E-state index in [1.165, 1.54) is 0 Å². The lowest BCUT2D eigenvalue weighted by molar-refractivity contribution is 0.477. The minimum absolute atomic E-state index is 0.198. The Morgan fingerprint density at radius 1 is 1.30 bits per heavy atom. The molecule has 4 rings (SSSR count). The van der Waals surface area contributed by atoms with Crippen molar-refractivity contribution >= 4 is 16.9 Å². The average molecular weight is 310 g/mol. The van der Waals surface area contributed by atoms with Gasteiger partial charge in [-0.15, -0.1) is 10.2 Å². The number of aromatic nitrogens is 4. The molecule has 0 spiro atoms. The molecule has 3 heterocycles. The summed E-state index contributed by atoms with van der Waals surface area (Å²) < 4.78 is 2.01. The highest BCUT2D eigenvalue weighted by Gasteiger charge is 2.22. The summed E-state index contributed by atoms with van der Waals surface area (Å²) in [6.45, 7) is 1.89. The monoisotopic (exact) mass is 310 g/mol. The Balaban J connectivity index is 1.90. The van der Waals surface area contributed by atoms with Crippen LogP contribution >= 0.6 is 0 Å². The number of benzene rings is 1. The zero-order valence-electron chi connectivity index (χ0n) is 12.8. The van der Waals surface area contributed by atoms with Gasteiger partial charge in [0.25, 0.3) is 0 Å². The summed E-state index contributed by atoms with van der Waals surface area (Å²) in [6.07, 6.45) is 1.04. The molecule has 118 valence electrons. The first kappa shape index (κ1) is 14.0. The third kappa shape index (κ3) is 2.29. The number of hydrogen-bond donors (Lipinski definition) is 3. The molecule has 3 N–H and O–H groups in total. The van der Waals surface area contributed by atoms with E-state index in [1.54, 1.807) is 12.1 Å². The zero-order valence-corrected chi connectivity index (χ0v) is 12.8. The predicted octanol–water partition coefficient (Wildman–Crippen LogP) is 1.77. The normalized spacial score (nSPS) is 17.7. The van der Waals surface area contributed by atoms with Gasteiger partial charge < -0.3 is 15.7 Å². The highest BCUT2D eigenvalue weighted by atomic mass is 16.3. The quantitative estimate of drug-likeness (QED) is 0.683. The predicted molar refractivity (Wildman–Crippen MR) is 88.5 cm³/mol. The van der Waals surface area contributed by atoms with Gasteiger partial charge in [-0.25, -0.2) is 0 Å². The molecule has 1 aliphatic rings. The second-order valence-electron chi connectivity index (χ2n) is 5.67. The standard InChI is InChI=1S/C16H18N6O/c1-17-16-15-13(22(21-16)10-6-7-18-9-10)8-12(19-20-15)11-4-2-3-5-14(11)23/h2-5,8,10,18,23H,6-7,9H2,1H3,(H,17,21). The van der Waals surface area contributed by atoms with Crippen LogP contribution in [-0.2, 0) is 0 Å². The first-order valence-corrected chi connectivity index (χ1v) is 7.70. The topological polar surface area (TPSA) is 87.9 Å². The van der Waals surface area contributed by atoms with E-state index in [0.717, 1.165) is 36.4 Å². The van der Waals surface area contributed by atoms with E-state index in [9.17, 15) is 5.11 Å². The molecule has 1 aromatic carbocycles. The van der Waals surface area contributed by atoms with E-state index < -0.39 is 0 Å². The summed E-state index contributed by atoms with van der Waals surface area (Å²) in [7, 11) is 1.83. The van der Waals surface area contributed by atoms with E-state index in [1.807, 2.05) is 29.9 Å². The average Bonchev–Trinajstić information content (AvgIpc) is 3.22. The van der Waals surface area contributed by atoms with Crippen molar-refractivity contribution in [3.8, 4) is 17.0 Å². The van der Waals surface area contributed by atoms with E-state index >= 15 is 0 Å². The molecule has 23 heavy (non-hydrogen) atoms. The molecule has 1 aliphatic heterocycles. The number of phenols is 1. The van der Waals surface area contributed by atoms with Gasteiger partial charge in [0.2, 0.25) is 0 Å². The Hall–Kier alpha value is -2.67. The van der Waals surface area contributed by atoms with Crippen LogP contribution in [0.25, 0.3) is 22.3 Å². The maximum atomic E-state index is 10.1. The molecule has 2 aromatic heterocycles. The Labute approximate surface area is 133 Å². The smallest absolute Gasteiger partial charge is 0.176 e. The van der Waals surface area contributed by atoms with Gasteiger partial charge in [-0.1, -0.05) is 12.1 Å². The Morgan fingerprint density at radius 2 is 2.17 bits per heavy atom. The Morgan fingerprint density at radius 3 is 2.91 bits per heavy atom. The molecule has 1 atom stereocenters. The number of rotatable bonds is 3. The van der Waals surface area contributed by atoms with Crippen LogP contribution in [0.3, 0.4) is 0 Å². The van der Waals surface area contributed by atoms with Crippen molar-refractivity contribution in [1.82, 2.24) is 25.3 Å². The van der Waals surface area contributed by atoms with Gasteiger partial charge in [-0.05, 0) is 31.2 Å². The van der Waals surface area contributed by atoms with Crippen molar-refractivity contribution in [2.75, 3.05) is 25.5 Å². The van der Waals surface area contributed by atoms with Gasteiger partial charge >= 0.3 is 0 Å². The van der Waals surface area contributed by atoms with Crippen LogP contribution in [0.4, 0.5) is 5.82 Å². The second kappa shape index (κ2) is 5.51. The highest BCUT2D eigenvalue weighted by molar-refractivity contribution is 5.88. The van der Waals surface area contributed by atoms with Crippen LogP contribution in [0.15, 0.2) is 30.3 Å². The van der Waals surface area contributed by atoms with Crippen LogP contribution < -0.4 is 10.6 Å². The molecule has 0 saturated carbocycles. The van der Waals surface area contributed by atoms with Gasteiger partial charge in [0, 0.05) is 19.2 Å². The number of nitrogens with one attached hydrogen (secondary N) is 2. The van der Waals surface area contributed by atoms with Crippen molar-refractivity contribution in [1.29, 1.82) is 0 Å². The number of aromatic hydroxyl groups is 1. The number of hydrogen-bond acceptors (Lipinski definition) is 6. The summed E-state index contributed by atoms with van der Waals surface area (Å²) in [5, 5.41) is 29.7. The van der Waals surface area contributed by atoms with Crippen LogP contribution in [0.2, 0.25) is 0 Å². The summed E-state index contributed by atoms with van der Waals surface area (Å²) in [5.74, 6) is 0.923. The maximum Gasteiger partial charge on any atom is 0.176 e. The molecule has 0 bridgehead atoms. The lowest BCUT2D eigenvalue weighted by atomic mass is 10.1. The fraction of sp³-hybridized carbons (Fsp3) is 0.312. The molecule has 1 fully saturated rings. The lowest BCUT2D eigenvalue weighted by Gasteiger charge is -2.10. The zero-order chi connectivity index (χ0) is 15.8. The maximum absolute atomic E-state index is 10.1. The molecule has 3 aromatic rings. The molecule has 1 unspecified atom stereocenters. The Kier molecular flexibility index (Phi) is 3.34. The molecule has 0 radical (unpaired) electrons.